The smallest absolute Gasteiger partial charge is 0.199 e. The Bertz CT molecular complexity index is 601. The van der Waals surface area contributed by atoms with Crippen LogP contribution in [0.15, 0.2) is 41.1 Å². The molecule has 0 radical (unpaired) electrons. The first-order valence-electron chi connectivity index (χ1n) is 5.12. The van der Waals surface area contributed by atoms with E-state index in [0.29, 0.717) is 5.75 Å². The molecule has 0 spiro atoms. The van der Waals surface area contributed by atoms with Gasteiger partial charge in [0.2, 0.25) is 0 Å². The predicted molar refractivity (Wildman–Crippen MR) is 68.3 cm³/mol. The molecule has 1 heterocycles. The fourth-order valence-electron chi connectivity index (χ4n) is 1.55. The molecule has 0 aliphatic heterocycles. The summed E-state index contributed by atoms with van der Waals surface area (Å²) >= 11 is 3.05. The second kappa shape index (κ2) is 5.27. The average Bonchev–Trinajstić information content (AvgIpc) is 2.41. The number of halogens is 2. The van der Waals surface area contributed by atoms with Crippen LogP contribution in [0.5, 0.6) is 5.75 Å². The van der Waals surface area contributed by atoms with Crippen molar-refractivity contribution in [2.24, 2.45) is 0 Å². The molecule has 1 aromatic heterocycles. The molecular formula is C13H9BrFNO2. The van der Waals surface area contributed by atoms with Crippen LogP contribution in [0.4, 0.5) is 4.39 Å². The number of carbonyl (C=O) groups excluding carboxylic acids is 1. The molecular weight excluding hydrogens is 301 g/mol. The molecule has 0 aliphatic rings. The highest BCUT2D eigenvalue weighted by Crippen LogP contribution is 2.24. The highest BCUT2D eigenvalue weighted by atomic mass is 79.9. The molecule has 0 bridgehead atoms. The zero-order valence-electron chi connectivity index (χ0n) is 9.48. The maximum absolute atomic E-state index is 13.8. The summed E-state index contributed by atoms with van der Waals surface area (Å²) in [6.45, 7) is 0. The minimum atomic E-state index is -0.582. The van der Waals surface area contributed by atoms with Crippen molar-refractivity contribution in [1.29, 1.82) is 0 Å². The van der Waals surface area contributed by atoms with E-state index in [1.165, 1.54) is 37.7 Å². The maximum Gasteiger partial charge on any atom is 0.199 e. The van der Waals surface area contributed by atoms with Gasteiger partial charge in [-0.25, -0.2) is 4.39 Å². The third-order valence-corrected chi connectivity index (χ3v) is 3.06. The van der Waals surface area contributed by atoms with Gasteiger partial charge >= 0.3 is 0 Å². The first-order valence-corrected chi connectivity index (χ1v) is 5.91. The van der Waals surface area contributed by atoms with Crippen LogP contribution >= 0.6 is 15.9 Å². The molecule has 2 rings (SSSR count). The van der Waals surface area contributed by atoms with E-state index in [1.807, 2.05) is 0 Å². The van der Waals surface area contributed by atoms with E-state index < -0.39 is 11.6 Å². The van der Waals surface area contributed by atoms with Crippen LogP contribution in [0.3, 0.4) is 0 Å². The lowest BCUT2D eigenvalue weighted by Crippen LogP contribution is -2.07. The molecule has 18 heavy (non-hydrogen) atoms. The van der Waals surface area contributed by atoms with Crippen LogP contribution in [-0.4, -0.2) is 17.9 Å². The molecule has 0 N–H and O–H groups in total. The van der Waals surface area contributed by atoms with Crippen LogP contribution in [0, 0.1) is 5.82 Å². The van der Waals surface area contributed by atoms with Crippen molar-refractivity contribution >= 4 is 21.7 Å². The SMILES string of the molecule is COc1cnccc1C(=O)c1cccc(Br)c1F. The summed E-state index contributed by atoms with van der Waals surface area (Å²) < 4.78 is 19.1. The summed E-state index contributed by atoms with van der Waals surface area (Å²) in [6, 6.07) is 6.08. The number of nitrogens with zero attached hydrogens (tertiary/aromatic N) is 1. The van der Waals surface area contributed by atoms with Gasteiger partial charge in [0, 0.05) is 6.20 Å². The molecule has 0 atom stereocenters. The second-order valence-electron chi connectivity index (χ2n) is 3.51. The average molecular weight is 310 g/mol. The van der Waals surface area contributed by atoms with Gasteiger partial charge in [0.25, 0.3) is 0 Å². The Hall–Kier alpha value is -1.75. The summed E-state index contributed by atoms with van der Waals surface area (Å²) in [5.41, 5.74) is 0.276. The Morgan fingerprint density at radius 1 is 1.33 bits per heavy atom. The highest BCUT2D eigenvalue weighted by molar-refractivity contribution is 9.10. The standard InChI is InChI=1S/C13H9BrFNO2/c1-18-11-7-16-6-5-8(11)13(17)9-3-2-4-10(14)12(9)15/h2-7H,1H3. The number of pyridine rings is 1. The molecule has 1 aromatic carbocycles. The Labute approximate surface area is 112 Å². The lowest BCUT2D eigenvalue weighted by atomic mass is 10.0. The first kappa shape index (κ1) is 12.7. The molecule has 0 aliphatic carbocycles. The van der Waals surface area contributed by atoms with Crippen LogP contribution in [0.2, 0.25) is 0 Å². The number of hydrogen-bond acceptors (Lipinski definition) is 3. The molecule has 0 saturated heterocycles. The number of hydrogen-bond donors (Lipinski definition) is 0. The topological polar surface area (TPSA) is 39.2 Å². The Balaban J connectivity index is 2.52. The summed E-state index contributed by atoms with van der Waals surface area (Å²) in [4.78, 5) is 16.1. The van der Waals surface area contributed by atoms with Crippen LogP contribution in [-0.2, 0) is 0 Å². The van der Waals surface area contributed by atoms with E-state index in [1.54, 1.807) is 6.07 Å². The molecule has 0 saturated carbocycles. The maximum atomic E-state index is 13.8. The number of aromatic nitrogens is 1. The predicted octanol–water partition coefficient (Wildman–Crippen LogP) is 3.22. The molecule has 5 heteroatoms. The number of carbonyl (C=O) groups is 1. The second-order valence-corrected chi connectivity index (χ2v) is 4.36. The zero-order valence-corrected chi connectivity index (χ0v) is 11.1. The molecule has 2 aromatic rings. The van der Waals surface area contributed by atoms with Crippen molar-refractivity contribution in [1.82, 2.24) is 4.98 Å². The number of methoxy groups -OCH3 is 1. The Kier molecular flexibility index (Phi) is 3.72. The summed E-state index contributed by atoms with van der Waals surface area (Å²) in [6.07, 6.45) is 2.88. The van der Waals surface area contributed by atoms with Crippen molar-refractivity contribution in [2.75, 3.05) is 7.11 Å². The minimum Gasteiger partial charge on any atom is -0.494 e. The van der Waals surface area contributed by atoms with Gasteiger partial charge in [0.15, 0.2) is 5.78 Å². The number of rotatable bonds is 3. The van der Waals surface area contributed by atoms with Crippen LogP contribution < -0.4 is 4.74 Å². The van der Waals surface area contributed by atoms with E-state index in [2.05, 4.69) is 20.9 Å². The Morgan fingerprint density at radius 2 is 2.11 bits per heavy atom. The third kappa shape index (κ3) is 2.26. The molecule has 0 amide bonds. The van der Waals surface area contributed by atoms with Crippen LogP contribution in [0.25, 0.3) is 0 Å². The van der Waals surface area contributed by atoms with E-state index in [0.717, 1.165) is 0 Å². The first-order chi connectivity index (χ1) is 8.65. The number of ketones is 1. The zero-order chi connectivity index (χ0) is 13.1. The molecule has 0 unspecified atom stereocenters. The molecule has 92 valence electrons. The van der Waals surface area contributed by atoms with Gasteiger partial charge in [-0.2, -0.15) is 0 Å². The monoisotopic (exact) mass is 309 g/mol. The lowest BCUT2D eigenvalue weighted by Gasteiger charge is -2.07. The van der Waals surface area contributed by atoms with E-state index in [4.69, 9.17) is 4.74 Å². The van der Waals surface area contributed by atoms with Crippen LogP contribution in [0.1, 0.15) is 15.9 Å². The minimum absolute atomic E-state index is 0.00567. The largest absolute Gasteiger partial charge is 0.494 e. The van der Waals surface area contributed by atoms with Gasteiger partial charge in [-0.1, -0.05) is 6.07 Å². The van der Waals surface area contributed by atoms with Gasteiger partial charge in [-0.15, -0.1) is 0 Å². The van der Waals surface area contributed by atoms with Crippen molar-refractivity contribution in [2.45, 2.75) is 0 Å². The van der Waals surface area contributed by atoms with Gasteiger partial charge < -0.3 is 4.74 Å². The third-order valence-electron chi connectivity index (χ3n) is 2.45. The normalized spacial score (nSPS) is 10.2. The highest BCUT2D eigenvalue weighted by Gasteiger charge is 2.19. The number of ether oxygens (including phenoxy) is 1. The Morgan fingerprint density at radius 3 is 2.83 bits per heavy atom. The van der Waals surface area contributed by atoms with Gasteiger partial charge in [0.1, 0.15) is 11.6 Å². The quantitative estimate of drug-likeness (QED) is 0.817. The van der Waals surface area contributed by atoms with Crippen molar-refractivity contribution in [3.05, 3.63) is 58.1 Å². The molecule has 3 nitrogen and oxygen atoms in total. The van der Waals surface area contributed by atoms with E-state index in [9.17, 15) is 9.18 Å². The van der Waals surface area contributed by atoms with Crippen molar-refractivity contribution in [3.8, 4) is 5.75 Å². The fraction of sp³-hybridized carbons (Fsp3) is 0.0769. The summed E-state index contributed by atoms with van der Waals surface area (Å²) in [5.74, 6) is -0.698. The van der Waals surface area contributed by atoms with Crippen molar-refractivity contribution in [3.63, 3.8) is 0 Å². The van der Waals surface area contributed by atoms with Gasteiger partial charge in [-0.3, -0.25) is 9.78 Å². The summed E-state index contributed by atoms with van der Waals surface area (Å²) in [7, 11) is 1.44. The van der Waals surface area contributed by atoms with Crippen molar-refractivity contribution < 1.29 is 13.9 Å². The number of benzene rings is 1. The van der Waals surface area contributed by atoms with E-state index in [-0.39, 0.29) is 15.6 Å². The van der Waals surface area contributed by atoms with Gasteiger partial charge in [0.05, 0.1) is 28.9 Å². The lowest BCUT2D eigenvalue weighted by molar-refractivity contribution is 0.103. The van der Waals surface area contributed by atoms with E-state index >= 15 is 0 Å². The van der Waals surface area contributed by atoms with Gasteiger partial charge in [-0.05, 0) is 34.1 Å². The fourth-order valence-corrected chi connectivity index (χ4v) is 1.92. The molecule has 0 fully saturated rings. The summed E-state index contributed by atoms with van der Waals surface area (Å²) in [5, 5.41) is 0.